The van der Waals surface area contributed by atoms with Crippen LogP contribution in [0.4, 0.5) is 4.79 Å². The number of carbonyl (C=O) groups is 2. The van der Waals surface area contributed by atoms with Crippen molar-refractivity contribution in [2.45, 2.75) is 31.7 Å². The molecule has 98 valence electrons. The van der Waals surface area contributed by atoms with Crippen LogP contribution in [0.5, 0.6) is 0 Å². The second-order valence-corrected chi connectivity index (χ2v) is 5.36. The fourth-order valence-electron chi connectivity index (χ4n) is 1.71. The van der Waals surface area contributed by atoms with Crippen molar-refractivity contribution in [1.82, 2.24) is 10.2 Å². The van der Waals surface area contributed by atoms with Crippen molar-refractivity contribution in [2.24, 2.45) is 0 Å². The summed E-state index contributed by atoms with van der Waals surface area (Å²) in [5.41, 5.74) is 0. The van der Waals surface area contributed by atoms with E-state index in [4.69, 9.17) is 5.11 Å². The van der Waals surface area contributed by atoms with Gasteiger partial charge in [-0.15, -0.1) is 0 Å². The number of urea groups is 1. The quantitative estimate of drug-likeness (QED) is 0.708. The van der Waals surface area contributed by atoms with E-state index >= 15 is 0 Å². The summed E-state index contributed by atoms with van der Waals surface area (Å²) in [4.78, 5) is 23.8. The Hall–Kier alpha value is -0.910. The zero-order chi connectivity index (χ0) is 12.7. The molecule has 0 aromatic heterocycles. The van der Waals surface area contributed by atoms with Gasteiger partial charge >= 0.3 is 12.0 Å². The first-order valence-electron chi connectivity index (χ1n) is 5.91. The summed E-state index contributed by atoms with van der Waals surface area (Å²) in [6.45, 7) is 0.552. The highest BCUT2D eigenvalue weighted by atomic mass is 32.2. The van der Waals surface area contributed by atoms with Crippen LogP contribution in [-0.2, 0) is 4.79 Å². The first-order chi connectivity index (χ1) is 8.11. The Kier molecular flexibility index (Phi) is 6.18. The molecule has 17 heavy (non-hydrogen) atoms. The molecule has 5 nitrogen and oxygen atoms in total. The molecule has 0 aromatic rings. The highest BCUT2D eigenvalue weighted by Gasteiger charge is 2.23. The highest BCUT2D eigenvalue weighted by Crippen LogP contribution is 2.21. The lowest BCUT2D eigenvalue weighted by Gasteiger charge is -2.24. The molecule has 1 aliphatic rings. The molecule has 1 fully saturated rings. The van der Waals surface area contributed by atoms with Crippen molar-refractivity contribution in [1.29, 1.82) is 0 Å². The van der Waals surface area contributed by atoms with Crippen molar-refractivity contribution in [3.05, 3.63) is 0 Å². The van der Waals surface area contributed by atoms with Crippen LogP contribution in [0.15, 0.2) is 0 Å². The number of unbranched alkanes of at least 4 members (excludes halogenated alkanes) is 1. The average molecular weight is 260 g/mol. The molecule has 0 aliphatic carbocycles. The summed E-state index contributed by atoms with van der Waals surface area (Å²) in [5, 5.41) is 11.3. The Labute approximate surface area is 106 Å². The molecule has 1 saturated heterocycles. The number of hydrogen-bond acceptors (Lipinski definition) is 3. The number of rotatable bonds is 6. The summed E-state index contributed by atoms with van der Waals surface area (Å²) < 4.78 is 0. The Morgan fingerprint density at radius 3 is 2.82 bits per heavy atom. The maximum absolute atomic E-state index is 11.7. The Morgan fingerprint density at radius 1 is 1.47 bits per heavy atom. The number of carboxylic acids is 1. The number of aliphatic carboxylic acids is 1. The van der Waals surface area contributed by atoms with Crippen LogP contribution < -0.4 is 5.32 Å². The van der Waals surface area contributed by atoms with Crippen LogP contribution >= 0.6 is 11.8 Å². The first-order valence-corrected chi connectivity index (χ1v) is 7.07. The van der Waals surface area contributed by atoms with Gasteiger partial charge in [0.05, 0.1) is 0 Å². The van der Waals surface area contributed by atoms with Crippen molar-refractivity contribution in [2.75, 3.05) is 25.1 Å². The zero-order valence-electron chi connectivity index (χ0n) is 10.1. The van der Waals surface area contributed by atoms with Crippen LogP contribution in [0.2, 0.25) is 0 Å². The molecule has 1 unspecified atom stereocenters. The monoisotopic (exact) mass is 260 g/mol. The van der Waals surface area contributed by atoms with Gasteiger partial charge in [0.1, 0.15) is 0 Å². The predicted octanol–water partition coefficient (Wildman–Crippen LogP) is 1.39. The van der Waals surface area contributed by atoms with Crippen molar-refractivity contribution in [3.63, 3.8) is 0 Å². The lowest BCUT2D eigenvalue weighted by molar-refractivity contribution is -0.137. The number of hydrogen-bond donors (Lipinski definition) is 2. The van der Waals surface area contributed by atoms with E-state index < -0.39 is 5.97 Å². The SMILES string of the molecule is CN(C(=O)NCCCCC(=O)O)C1CCSC1. The minimum atomic E-state index is -0.781. The molecule has 6 heteroatoms. The fraction of sp³-hybridized carbons (Fsp3) is 0.818. The van der Waals surface area contributed by atoms with Gasteiger partial charge in [0.15, 0.2) is 0 Å². The Bertz CT molecular complexity index is 267. The third-order valence-corrected chi connectivity index (χ3v) is 4.01. The first kappa shape index (κ1) is 14.2. The van der Waals surface area contributed by atoms with Gasteiger partial charge in [-0.25, -0.2) is 4.79 Å². The molecule has 1 atom stereocenters. The van der Waals surface area contributed by atoms with Gasteiger partial charge in [0.25, 0.3) is 0 Å². The van der Waals surface area contributed by atoms with Crippen LogP contribution in [0, 0.1) is 0 Å². The average Bonchev–Trinajstić information content (AvgIpc) is 2.80. The van der Waals surface area contributed by atoms with Gasteiger partial charge in [0, 0.05) is 31.8 Å². The molecule has 2 amide bonds. The molecule has 1 rings (SSSR count). The second-order valence-electron chi connectivity index (χ2n) is 4.21. The van der Waals surface area contributed by atoms with E-state index in [1.807, 2.05) is 18.8 Å². The number of nitrogens with zero attached hydrogens (tertiary/aromatic N) is 1. The smallest absolute Gasteiger partial charge is 0.317 e. The molecule has 1 heterocycles. The molecule has 0 aromatic carbocycles. The summed E-state index contributed by atoms with van der Waals surface area (Å²) in [6.07, 6.45) is 2.56. The van der Waals surface area contributed by atoms with E-state index in [1.165, 1.54) is 0 Å². The van der Waals surface area contributed by atoms with Crippen molar-refractivity contribution in [3.8, 4) is 0 Å². The summed E-state index contributed by atoms with van der Waals surface area (Å²) in [5.74, 6) is 1.36. The van der Waals surface area contributed by atoms with Gasteiger partial charge in [-0.2, -0.15) is 11.8 Å². The van der Waals surface area contributed by atoms with Gasteiger partial charge in [0.2, 0.25) is 0 Å². The summed E-state index contributed by atoms with van der Waals surface area (Å²) in [7, 11) is 1.82. The predicted molar refractivity (Wildman–Crippen MR) is 68.4 cm³/mol. The number of thioether (sulfide) groups is 1. The van der Waals surface area contributed by atoms with Crippen molar-refractivity contribution >= 4 is 23.8 Å². The number of carboxylic acid groups (broad SMARTS) is 1. The second kappa shape index (κ2) is 7.42. The molecule has 0 bridgehead atoms. The number of amides is 2. The standard InChI is InChI=1S/C11H20N2O3S/c1-13(9-5-7-17-8-9)11(16)12-6-3-2-4-10(14)15/h9H,2-8H2,1H3,(H,12,16)(H,14,15). The number of nitrogens with one attached hydrogen (secondary N) is 1. The van der Waals surface area contributed by atoms with E-state index in [-0.39, 0.29) is 12.5 Å². The van der Waals surface area contributed by atoms with E-state index in [9.17, 15) is 9.59 Å². The third kappa shape index (κ3) is 5.30. The minimum absolute atomic E-state index is 0.0483. The van der Waals surface area contributed by atoms with Crippen LogP contribution in [0.1, 0.15) is 25.7 Å². The molecule has 0 spiro atoms. The van der Waals surface area contributed by atoms with Gasteiger partial charge in [-0.1, -0.05) is 0 Å². The topological polar surface area (TPSA) is 69.6 Å². The molecule has 1 aliphatic heterocycles. The normalized spacial score (nSPS) is 19.0. The maximum atomic E-state index is 11.7. The molecule has 2 N–H and O–H groups in total. The van der Waals surface area contributed by atoms with Crippen molar-refractivity contribution < 1.29 is 14.7 Å². The minimum Gasteiger partial charge on any atom is -0.481 e. The summed E-state index contributed by atoms with van der Waals surface area (Å²) in [6, 6.07) is 0.298. The Balaban J connectivity index is 2.09. The maximum Gasteiger partial charge on any atom is 0.317 e. The lowest BCUT2D eigenvalue weighted by Crippen LogP contribution is -2.43. The number of carbonyl (C=O) groups excluding carboxylic acids is 1. The highest BCUT2D eigenvalue weighted by molar-refractivity contribution is 7.99. The van der Waals surface area contributed by atoms with E-state index in [0.717, 1.165) is 17.9 Å². The van der Waals surface area contributed by atoms with Gasteiger partial charge in [-0.3, -0.25) is 4.79 Å². The van der Waals surface area contributed by atoms with Gasteiger partial charge < -0.3 is 15.3 Å². The zero-order valence-corrected chi connectivity index (χ0v) is 11.0. The van der Waals surface area contributed by atoms with Crippen LogP contribution in [0.25, 0.3) is 0 Å². The Morgan fingerprint density at radius 2 is 2.24 bits per heavy atom. The van der Waals surface area contributed by atoms with E-state index in [1.54, 1.807) is 4.90 Å². The van der Waals surface area contributed by atoms with Crippen LogP contribution in [-0.4, -0.2) is 53.1 Å². The summed E-state index contributed by atoms with van der Waals surface area (Å²) >= 11 is 1.88. The molecular weight excluding hydrogens is 240 g/mol. The van der Waals surface area contributed by atoms with E-state index in [0.29, 0.717) is 25.4 Å². The molecular formula is C11H20N2O3S. The van der Waals surface area contributed by atoms with Crippen LogP contribution in [0.3, 0.4) is 0 Å². The third-order valence-electron chi connectivity index (χ3n) is 2.87. The largest absolute Gasteiger partial charge is 0.481 e. The van der Waals surface area contributed by atoms with E-state index in [2.05, 4.69) is 5.32 Å². The molecule has 0 radical (unpaired) electrons. The molecule has 0 saturated carbocycles. The van der Waals surface area contributed by atoms with Gasteiger partial charge in [-0.05, 0) is 25.0 Å². The lowest BCUT2D eigenvalue weighted by atomic mass is 10.2. The fourth-order valence-corrected chi connectivity index (χ4v) is 2.98.